The predicted octanol–water partition coefficient (Wildman–Crippen LogP) is 2.00. The van der Waals surface area contributed by atoms with Crippen LogP contribution in [0.25, 0.3) is 0 Å². The number of fused-ring (bicyclic) bond motifs is 1. The Morgan fingerprint density at radius 1 is 1.17 bits per heavy atom. The number of morpholine rings is 1. The molecule has 1 N–H and O–H groups in total. The molecule has 1 saturated carbocycles. The monoisotopic (exact) mass is 330 g/mol. The molecule has 2 fully saturated rings. The van der Waals surface area contributed by atoms with Crippen molar-refractivity contribution in [2.45, 2.75) is 51.0 Å². The molecule has 6 heteroatoms. The first kappa shape index (κ1) is 15.8. The van der Waals surface area contributed by atoms with Crippen molar-refractivity contribution in [2.75, 3.05) is 31.2 Å². The van der Waals surface area contributed by atoms with Gasteiger partial charge in [-0.1, -0.05) is 12.8 Å². The summed E-state index contributed by atoms with van der Waals surface area (Å²) < 4.78 is 5.40. The lowest BCUT2D eigenvalue weighted by Crippen LogP contribution is -2.38. The zero-order valence-electron chi connectivity index (χ0n) is 14.2. The highest BCUT2D eigenvalue weighted by molar-refractivity contribution is 5.79. The molecule has 0 bridgehead atoms. The fourth-order valence-corrected chi connectivity index (χ4v) is 4.08. The van der Waals surface area contributed by atoms with Crippen LogP contribution in [0.1, 0.15) is 55.8 Å². The fraction of sp³-hybridized carbons (Fsp3) is 0.722. The molecule has 0 radical (unpaired) electrons. The quantitative estimate of drug-likeness (QED) is 0.918. The molecule has 2 aliphatic carbocycles. The van der Waals surface area contributed by atoms with Gasteiger partial charge in [-0.3, -0.25) is 4.79 Å². The van der Waals surface area contributed by atoms with Crippen molar-refractivity contribution in [1.82, 2.24) is 15.3 Å². The molecule has 1 aliphatic heterocycles. The minimum atomic E-state index is 0.0839. The van der Waals surface area contributed by atoms with E-state index in [9.17, 15) is 4.79 Å². The summed E-state index contributed by atoms with van der Waals surface area (Å²) in [4.78, 5) is 24.0. The van der Waals surface area contributed by atoms with Crippen LogP contribution >= 0.6 is 0 Å². The van der Waals surface area contributed by atoms with Crippen molar-refractivity contribution < 1.29 is 9.53 Å². The first-order valence-electron chi connectivity index (χ1n) is 9.30. The van der Waals surface area contributed by atoms with Crippen molar-refractivity contribution in [3.63, 3.8) is 0 Å². The Hall–Kier alpha value is -1.69. The largest absolute Gasteiger partial charge is 0.378 e. The minimum Gasteiger partial charge on any atom is -0.378 e. The fourth-order valence-electron chi connectivity index (χ4n) is 4.08. The van der Waals surface area contributed by atoms with Crippen LogP contribution in [0.4, 0.5) is 5.95 Å². The number of hydrogen-bond acceptors (Lipinski definition) is 5. The molecule has 4 rings (SSSR count). The molecule has 1 atom stereocenters. The molecular formula is C18H26N4O2. The standard InChI is InChI=1S/C18H26N4O2/c23-17(13-4-1-2-5-13)20-15-6-3-7-16-14(15)12-19-18(21-16)22-8-10-24-11-9-22/h12-13,15H,1-11H2,(H,20,23). The number of carbonyl (C=O) groups is 1. The van der Waals surface area contributed by atoms with Crippen molar-refractivity contribution >= 4 is 11.9 Å². The SMILES string of the molecule is O=C(NC1CCCc2nc(N3CCOCC3)ncc21)C1CCCC1. The third-order valence-corrected chi connectivity index (χ3v) is 5.51. The molecule has 1 unspecified atom stereocenters. The van der Waals surface area contributed by atoms with Gasteiger partial charge in [0.15, 0.2) is 0 Å². The van der Waals surface area contributed by atoms with Gasteiger partial charge in [-0.25, -0.2) is 9.97 Å². The Balaban J connectivity index is 1.48. The molecule has 130 valence electrons. The van der Waals surface area contributed by atoms with E-state index >= 15 is 0 Å². The lowest BCUT2D eigenvalue weighted by molar-refractivity contribution is -0.125. The Morgan fingerprint density at radius 2 is 1.96 bits per heavy atom. The van der Waals surface area contributed by atoms with Gasteiger partial charge in [0.1, 0.15) is 0 Å². The van der Waals surface area contributed by atoms with Crippen LogP contribution in [0.2, 0.25) is 0 Å². The average Bonchev–Trinajstić information content (AvgIpc) is 3.17. The molecule has 0 aromatic carbocycles. The molecule has 1 saturated heterocycles. The highest BCUT2D eigenvalue weighted by Crippen LogP contribution is 2.31. The normalized spacial score (nSPS) is 24.7. The van der Waals surface area contributed by atoms with E-state index in [0.717, 1.165) is 75.6 Å². The summed E-state index contributed by atoms with van der Waals surface area (Å²) in [6, 6.07) is 0.0839. The summed E-state index contributed by atoms with van der Waals surface area (Å²) in [6.45, 7) is 3.17. The summed E-state index contributed by atoms with van der Waals surface area (Å²) in [5.41, 5.74) is 2.22. The smallest absolute Gasteiger partial charge is 0.225 e. The number of nitrogens with one attached hydrogen (secondary N) is 1. The van der Waals surface area contributed by atoms with Crippen molar-refractivity contribution in [3.8, 4) is 0 Å². The summed E-state index contributed by atoms with van der Waals surface area (Å²) in [6.07, 6.45) is 9.43. The van der Waals surface area contributed by atoms with Gasteiger partial charge in [-0.15, -0.1) is 0 Å². The second-order valence-electron chi connectivity index (χ2n) is 7.11. The van der Waals surface area contributed by atoms with E-state index in [-0.39, 0.29) is 17.9 Å². The van der Waals surface area contributed by atoms with Gasteiger partial charge in [-0.2, -0.15) is 0 Å². The Labute approximate surface area is 143 Å². The number of hydrogen-bond donors (Lipinski definition) is 1. The average molecular weight is 330 g/mol. The topological polar surface area (TPSA) is 67.4 Å². The Bertz CT molecular complexity index is 595. The van der Waals surface area contributed by atoms with E-state index in [0.29, 0.717) is 0 Å². The van der Waals surface area contributed by atoms with Gasteiger partial charge in [0.2, 0.25) is 11.9 Å². The van der Waals surface area contributed by atoms with Crippen LogP contribution in [0.3, 0.4) is 0 Å². The van der Waals surface area contributed by atoms with Gasteiger partial charge in [0.05, 0.1) is 24.9 Å². The molecule has 2 heterocycles. The zero-order valence-corrected chi connectivity index (χ0v) is 14.2. The number of amides is 1. The van der Waals surface area contributed by atoms with E-state index < -0.39 is 0 Å². The van der Waals surface area contributed by atoms with Gasteiger partial charge >= 0.3 is 0 Å². The third-order valence-electron chi connectivity index (χ3n) is 5.51. The number of nitrogens with zero attached hydrogens (tertiary/aromatic N) is 3. The maximum Gasteiger partial charge on any atom is 0.225 e. The number of ether oxygens (including phenoxy) is 1. The number of anilines is 1. The van der Waals surface area contributed by atoms with Gasteiger partial charge in [-0.05, 0) is 32.1 Å². The predicted molar refractivity (Wildman–Crippen MR) is 90.8 cm³/mol. The minimum absolute atomic E-state index is 0.0839. The summed E-state index contributed by atoms with van der Waals surface area (Å²) in [7, 11) is 0. The van der Waals surface area contributed by atoms with Crippen LogP contribution in [0, 0.1) is 5.92 Å². The zero-order chi connectivity index (χ0) is 16.4. The van der Waals surface area contributed by atoms with Crippen LogP contribution in [-0.4, -0.2) is 42.2 Å². The Morgan fingerprint density at radius 3 is 2.75 bits per heavy atom. The van der Waals surface area contributed by atoms with Crippen LogP contribution in [0.15, 0.2) is 6.20 Å². The molecule has 3 aliphatic rings. The van der Waals surface area contributed by atoms with Crippen LogP contribution in [0.5, 0.6) is 0 Å². The van der Waals surface area contributed by atoms with E-state index in [2.05, 4.69) is 15.2 Å². The molecule has 0 spiro atoms. The van der Waals surface area contributed by atoms with E-state index in [1.54, 1.807) is 0 Å². The van der Waals surface area contributed by atoms with E-state index in [1.807, 2.05) is 6.20 Å². The molecular weight excluding hydrogens is 304 g/mol. The van der Waals surface area contributed by atoms with Crippen molar-refractivity contribution in [3.05, 3.63) is 17.5 Å². The summed E-state index contributed by atoms with van der Waals surface area (Å²) in [5, 5.41) is 3.26. The molecule has 24 heavy (non-hydrogen) atoms. The number of carbonyl (C=O) groups excluding carboxylic acids is 1. The van der Waals surface area contributed by atoms with Crippen molar-refractivity contribution in [2.24, 2.45) is 5.92 Å². The number of rotatable bonds is 3. The highest BCUT2D eigenvalue weighted by atomic mass is 16.5. The highest BCUT2D eigenvalue weighted by Gasteiger charge is 2.29. The van der Waals surface area contributed by atoms with Gasteiger partial charge in [0.25, 0.3) is 0 Å². The van der Waals surface area contributed by atoms with E-state index in [1.165, 1.54) is 12.8 Å². The lowest BCUT2D eigenvalue weighted by atomic mass is 9.91. The maximum atomic E-state index is 12.5. The Kier molecular flexibility index (Phi) is 4.65. The van der Waals surface area contributed by atoms with Crippen LogP contribution < -0.4 is 10.2 Å². The third kappa shape index (κ3) is 3.24. The second kappa shape index (κ2) is 7.05. The molecule has 1 aromatic heterocycles. The first-order chi connectivity index (χ1) is 11.8. The lowest BCUT2D eigenvalue weighted by Gasteiger charge is -2.30. The molecule has 1 aromatic rings. The molecule has 1 amide bonds. The number of aromatic nitrogens is 2. The molecule has 6 nitrogen and oxygen atoms in total. The first-order valence-corrected chi connectivity index (χ1v) is 9.30. The summed E-state index contributed by atoms with van der Waals surface area (Å²) >= 11 is 0. The van der Waals surface area contributed by atoms with Gasteiger partial charge in [0, 0.05) is 30.8 Å². The number of aryl methyl sites for hydroxylation is 1. The van der Waals surface area contributed by atoms with Gasteiger partial charge < -0.3 is 15.0 Å². The maximum absolute atomic E-state index is 12.5. The van der Waals surface area contributed by atoms with E-state index in [4.69, 9.17) is 9.72 Å². The second-order valence-corrected chi connectivity index (χ2v) is 7.11. The van der Waals surface area contributed by atoms with Crippen LogP contribution in [-0.2, 0) is 16.0 Å². The van der Waals surface area contributed by atoms with Crippen molar-refractivity contribution in [1.29, 1.82) is 0 Å². The summed E-state index contributed by atoms with van der Waals surface area (Å²) in [5.74, 6) is 1.24.